The van der Waals surface area contributed by atoms with Crippen LogP contribution in [0.4, 0.5) is 5.95 Å². The fourth-order valence-electron chi connectivity index (χ4n) is 3.49. The highest BCUT2D eigenvalue weighted by atomic mass is 16.7. The monoisotopic (exact) mass is 368 g/mol. The zero-order valence-electron chi connectivity index (χ0n) is 15.2. The number of carbonyl (C=O) groups is 1. The van der Waals surface area contributed by atoms with E-state index in [1.54, 1.807) is 12.3 Å². The first-order chi connectivity index (χ1) is 13.3. The molecule has 7 heteroatoms. The molecule has 2 aliphatic rings. The normalized spacial score (nSPS) is 16.6. The Morgan fingerprint density at radius 3 is 2.74 bits per heavy atom. The van der Waals surface area contributed by atoms with Crippen LogP contribution in [0.1, 0.15) is 54.6 Å². The lowest BCUT2D eigenvalue weighted by molar-refractivity contribution is 0.0928. The van der Waals surface area contributed by atoms with Gasteiger partial charge >= 0.3 is 0 Å². The van der Waals surface area contributed by atoms with E-state index in [0.29, 0.717) is 18.2 Å². The van der Waals surface area contributed by atoms with Crippen LogP contribution in [0.5, 0.6) is 11.5 Å². The molecule has 2 aromatic rings. The third-order valence-corrected chi connectivity index (χ3v) is 4.97. The molecule has 1 amide bonds. The molecule has 2 N–H and O–H groups in total. The first-order valence-electron chi connectivity index (χ1n) is 9.54. The van der Waals surface area contributed by atoms with Crippen LogP contribution in [-0.2, 0) is 6.54 Å². The number of benzene rings is 1. The molecule has 1 fully saturated rings. The summed E-state index contributed by atoms with van der Waals surface area (Å²) in [5.74, 6) is 1.80. The van der Waals surface area contributed by atoms with Gasteiger partial charge in [-0.3, -0.25) is 4.79 Å². The van der Waals surface area contributed by atoms with Crippen LogP contribution < -0.4 is 20.1 Å². The lowest BCUT2D eigenvalue weighted by Crippen LogP contribution is -2.35. The predicted octanol–water partition coefficient (Wildman–Crippen LogP) is 3.27. The summed E-state index contributed by atoms with van der Waals surface area (Å²) >= 11 is 0. The lowest BCUT2D eigenvalue weighted by atomic mass is 10.1. The minimum Gasteiger partial charge on any atom is -0.454 e. The standard InChI is InChI=1S/C20H24N4O3/c25-19(23-15-5-3-1-2-4-6-15)16-9-10-21-20(24-16)22-12-14-7-8-17-18(11-14)27-13-26-17/h7-11,15H,1-6,12-13H2,(H,23,25)(H,21,22,24). The number of carbonyl (C=O) groups excluding carboxylic acids is 1. The quantitative estimate of drug-likeness (QED) is 0.788. The van der Waals surface area contributed by atoms with Crippen molar-refractivity contribution in [3.8, 4) is 11.5 Å². The number of fused-ring (bicyclic) bond motifs is 1. The SMILES string of the molecule is O=C(NC1CCCCCC1)c1ccnc(NCc2ccc3c(c2)OCO3)n1. The third kappa shape index (κ3) is 4.48. The second kappa shape index (κ2) is 8.24. The number of rotatable bonds is 5. The minimum atomic E-state index is -0.129. The zero-order chi connectivity index (χ0) is 18.5. The zero-order valence-corrected chi connectivity index (χ0v) is 15.2. The molecule has 0 spiro atoms. The Labute approximate surface area is 158 Å². The second-order valence-corrected chi connectivity index (χ2v) is 6.97. The summed E-state index contributed by atoms with van der Waals surface area (Å²) in [6, 6.07) is 7.68. The third-order valence-electron chi connectivity index (χ3n) is 4.97. The Morgan fingerprint density at radius 1 is 1.07 bits per heavy atom. The molecule has 7 nitrogen and oxygen atoms in total. The predicted molar refractivity (Wildman–Crippen MR) is 101 cm³/mol. The fourth-order valence-corrected chi connectivity index (χ4v) is 3.49. The van der Waals surface area contributed by atoms with Crippen molar-refractivity contribution in [1.29, 1.82) is 0 Å². The van der Waals surface area contributed by atoms with E-state index in [-0.39, 0.29) is 18.7 Å². The Kier molecular flexibility index (Phi) is 5.37. The number of hydrogen-bond donors (Lipinski definition) is 2. The molecular formula is C20H24N4O3. The first-order valence-corrected chi connectivity index (χ1v) is 9.54. The maximum atomic E-state index is 12.5. The molecule has 0 bridgehead atoms. The number of aromatic nitrogens is 2. The summed E-state index contributed by atoms with van der Waals surface area (Å²) in [5.41, 5.74) is 1.42. The molecule has 27 heavy (non-hydrogen) atoms. The van der Waals surface area contributed by atoms with Crippen LogP contribution in [0.2, 0.25) is 0 Å². The maximum absolute atomic E-state index is 12.5. The van der Waals surface area contributed by atoms with Crippen LogP contribution in [-0.4, -0.2) is 28.7 Å². The van der Waals surface area contributed by atoms with Crippen molar-refractivity contribution >= 4 is 11.9 Å². The molecular weight excluding hydrogens is 344 g/mol. The average molecular weight is 368 g/mol. The van der Waals surface area contributed by atoms with Crippen molar-refractivity contribution in [3.63, 3.8) is 0 Å². The molecule has 1 aliphatic carbocycles. The van der Waals surface area contributed by atoms with Gasteiger partial charge < -0.3 is 20.1 Å². The van der Waals surface area contributed by atoms with E-state index in [0.717, 1.165) is 29.9 Å². The molecule has 4 rings (SSSR count). The molecule has 0 saturated heterocycles. The molecule has 1 aromatic heterocycles. The van der Waals surface area contributed by atoms with Crippen LogP contribution in [0, 0.1) is 0 Å². The fraction of sp³-hybridized carbons (Fsp3) is 0.450. The Morgan fingerprint density at radius 2 is 1.89 bits per heavy atom. The van der Waals surface area contributed by atoms with E-state index >= 15 is 0 Å². The van der Waals surface area contributed by atoms with Gasteiger partial charge in [0.15, 0.2) is 11.5 Å². The summed E-state index contributed by atoms with van der Waals surface area (Å²) < 4.78 is 10.7. The highest BCUT2D eigenvalue weighted by Crippen LogP contribution is 2.32. The highest BCUT2D eigenvalue weighted by Gasteiger charge is 2.17. The van der Waals surface area contributed by atoms with Gasteiger partial charge in [-0.1, -0.05) is 31.7 Å². The van der Waals surface area contributed by atoms with Gasteiger partial charge in [-0.25, -0.2) is 9.97 Å². The number of amides is 1. The molecule has 1 aliphatic heterocycles. The second-order valence-electron chi connectivity index (χ2n) is 6.97. The Bertz CT molecular complexity index is 804. The van der Waals surface area contributed by atoms with Gasteiger partial charge in [0.1, 0.15) is 5.69 Å². The number of nitrogens with zero attached hydrogens (tertiary/aromatic N) is 2. The Hall–Kier alpha value is -2.83. The molecule has 2 heterocycles. The van der Waals surface area contributed by atoms with Gasteiger partial charge in [0.2, 0.25) is 12.7 Å². The largest absolute Gasteiger partial charge is 0.454 e. The van der Waals surface area contributed by atoms with Crippen molar-refractivity contribution in [2.45, 2.75) is 51.1 Å². The van der Waals surface area contributed by atoms with Crippen molar-refractivity contribution in [1.82, 2.24) is 15.3 Å². The Balaban J connectivity index is 1.36. The van der Waals surface area contributed by atoms with Crippen LogP contribution in [0.25, 0.3) is 0 Å². The number of anilines is 1. The number of nitrogens with one attached hydrogen (secondary N) is 2. The van der Waals surface area contributed by atoms with Gasteiger partial charge in [-0.05, 0) is 36.6 Å². The van der Waals surface area contributed by atoms with Gasteiger partial charge in [-0.15, -0.1) is 0 Å². The van der Waals surface area contributed by atoms with Crippen LogP contribution >= 0.6 is 0 Å². The maximum Gasteiger partial charge on any atom is 0.270 e. The van der Waals surface area contributed by atoms with E-state index in [9.17, 15) is 4.79 Å². The molecule has 1 aromatic carbocycles. The molecule has 142 valence electrons. The average Bonchev–Trinajstić information content (AvgIpc) is 3.02. The summed E-state index contributed by atoms with van der Waals surface area (Å²) in [5, 5.41) is 6.28. The number of hydrogen-bond acceptors (Lipinski definition) is 6. The summed E-state index contributed by atoms with van der Waals surface area (Å²) in [7, 11) is 0. The van der Waals surface area contributed by atoms with Crippen molar-refractivity contribution in [3.05, 3.63) is 41.7 Å². The topological polar surface area (TPSA) is 85.4 Å². The van der Waals surface area contributed by atoms with E-state index in [2.05, 4.69) is 20.6 Å². The molecule has 0 radical (unpaired) electrons. The summed E-state index contributed by atoms with van der Waals surface area (Å²) in [6.45, 7) is 0.789. The van der Waals surface area contributed by atoms with Crippen LogP contribution in [0.15, 0.2) is 30.5 Å². The lowest BCUT2D eigenvalue weighted by Gasteiger charge is -2.16. The van der Waals surface area contributed by atoms with E-state index in [1.807, 2.05) is 18.2 Å². The van der Waals surface area contributed by atoms with Crippen molar-refractivity contribution in [2.24, 2.45) is 0 Å². The van der Waals surface area contributed by atoms with Crippen molar-refractivity contribution in [2.75, 3.05) is 12.1 Å². The highest BCUT2D eigenvalue weighted by molar-refractivity contribution is 5.92. The minimum absolute atomic E-state index is 0.129. The summed E-state index contributed by atoms with van der Waals surface area (Å²) in [4.78, 5) is 21.1. The van der Waals surface area contributed by atoms with Crippen molar-refractivity contribution < 1.29 is 14.3 Å². The smallest absolute Gasteiger partial charge is 0.270 e. The van der Waals surface area contributed by atoms with E-state index in [1.165, 1.54) is 25.7 Å². The van der Waals surface area contributed by atoms with E-state index < -0.39 is 0 Å². The van der Waals surface area contributed by atoms with Gasteiger partial charge in [0.05, 0.1) is 0 Å². The van der Waals surface area contributed by atoms with Gasteiger partial charge in [-0.2, -0.15) is 0 Å². The summed E-state index contributed by atoms with van der Waals surface area (Å²) in [6.07, 6.45) is 8.57. The number of ether oxygens (including phenoxy) is 2. The first kappa shape index (κ1) is 17.6. The molecule has 0 atom stereocenters. The van der Waals surface area contributed by atoms with Crippen LogP contribution in [0.3, 0.4) is 0 Å². The molecule has 0 unspecified atom stereocenters. The van der Waals surface area contributed by atoms with E-state index in [4.69, 9.17) is 9.47 Å². The molecule has 1 saturated carbocycles. The van der Waals surface area contributed by atoms with Gasteiger partial charge in [0, 0.05) is 18.8 Å². The van der Waals surface area contributed by atoms with Gasteiger partial charge in [0.25, 0.3) is 5.91 Å².